The normalized spacial score (nSPS) is 13.4. The summed E-state index contributed by atoms with van der Waals surface area (Å²) in [5.41, 5.74) is 7.63. The first-order chi connectivity index (χ1) is 17.7. The molecule has 2 aromatic carbocycles. The van der Waals surface area contributed by atoms with Gasteiger partial charge in [-0.05, 0) is 29.3 Å². The minimum absolute atomic E-state index is 0.0448. The van der Waals surface area contributed by atoms with E-state index < -0.39 is 41.8 Å². The van der Waals surface area contributed by atoms with E-state index in [4.69, 9.17) is 5.73 Å². The van der Waals surface area contributed by atoms with Crippen LogP contribution in [0.2, 0.25) is 0 Å². The zero-order valence-corrected chi connectivity index (χ0v) is 20.7. The van der Waals surface area contributed by atoms with Gasteiger partial charge in [-0.25, -0.2) is 4.79 Å². The Labute approximate surface area is 218 Å². The number of aromatic nitrogens is 1. The molecule has 1 aromatic heterocycles. The highest BCUT2D eigenvalue weighted by Gasteiger charge is 2.30. The van der Waals surface area contributed by atoms with Crippen molar-refractivity contribution in [2.75, 3.05) is 12.3 Å². The van der Waals surface area contributed by atoms with Crippen LogP contribution in [0.4, 0.5) is 0 Å². The second-order valence-corrected chi connectivity index (χ2v) is 8.77. The lowest BCUT2D eigenvalue weighted by atomic mass is 10.0. The monoisotopic (exact) mass is 527 g/mol. The van der Waals surface area contributed by atoms with Crippen LogP contribution in [0.25, 0.3) is 10.9 Å². The number of nitrogens with two attached hydrogens (primary N) is 1. The molecule has 37 heavy (non-hydrogen) atoms. The molecule has 0 aliphatic carbocycles. The van der Waals surface area contributed by atoms with Gasteiger partial charge in [-0.2, -0.15) is 12.6 Å². The number of phenols is 1. The fraction of sp³-hybridized carbons (Fsp3) is 0.280. The van der Waals surface area contributed by atoms with E-state index in [1.165, 1.54) is 12.1 Å². The van der Waals surface area contributed by atoms with Crippen LogP contribution in [0.5, 0.6) is 5.75 Å². The fourth-order valence-electron chi connectivity index (χ4n) is 3.79. The molecule has 0 aliphatic rings. The number of aromatic hydroxyl groups is 1. The van der Waals surface area contributed by atoms with Crippen molar-refractivity contribution in [2.24, 2.45) is 5.73 Å². The van der Waals surface area contributed by atoms with Gasteiger partial charge in [-0.15, -0.1) is 0 Å². The first-order valence-corrected chi connectivity index (χ1v) is 12.1. The molecule has 0 aliphatic heterocycles. The summed E-state index contributed by atoms with van der Waals surface area (Å²) in [4.78, 5) is 53.1. The van der Waals surface area contributed by atoms with Gasteiger partial charge in [0.15, 0.2) is 0 Å². The molecular formula is C25H29N5O6S. The maximum absolute atomic E-state index is 13.3. The number of rotatable bonds is 12. The molecule has 0 spiro atoms. The third kappa shape index (κ3) is 7.48. The second kappa shape index (κ2) is 12.8. The van der Waals surface area contributed by atoms with E-state index in [2.05, 4.69) is 33.6 Å². The topological polar surface area (TPSA) is 187 Å². The van der Waals surface area contributed by atoms with E-state index in [0.29, 0.717) is 5.56 Å². The Hall–Kier alpha value is -4.03. The Kier molecular flexibility index (Phi) is 9.52. The lowest BCUT2D eigenvalue weighted by molar-refractivity contribution is -0.141. The average molecular weight is 528 g/mol. The molecule has 196 valence electrons. The highest BCUT2D eigenvalue weighted by Crippen LogP contribution is 2.19. The highest BCUT2D eigenvalue weighted by atomic mass is 32.1. The van der Waals surface area contributed by atoms with Gasteiger partial charge < -0.3 is 36.9 Å². The molecule has 0 fully saturated rings. The number of H-pyrrole nitrogens is 1. The van der Waals surface area contributed by atoms with Crippen LogP contribution in [-0.2, 0) is 32.0 Å². The molecule has 3 amide bonds. The summed E-state index contributed by atoms with van der Waals surface area (Å²) in [7, 11) is 0. The largest absolute Gasteiger partial charge is 0.508 e. The van der Waals surface area contributed by atoms with Crippen molar-refractivity contribution in [3.8, 4) is 5.75 Å². The maximum Gasteiger partial charge on any atom is 0.327 e. The number of fused-ring (bicyclic) bond motifs is 1. The molecule has 1 heterocycles. The van der Waals surface area contributed by atoms with Crippen molar-refractivity contribution in [3.63, 3.8) is 0 Å². The summed E-state index contributed by atoms with van der Waals surface area (Å²) >= 11 is 3.98. The van der Waals surface area contributed by atoms with E-state index in [-0.39, 0.29) is 30.9 Å². The van der Waals surface area contributed by atoms with Gasteiger partial charge in [0, 0.05) is 35.7 Å². The number of benzene rings is 2. The summed E-state index contributed by atoms with van der Waals surface area (Å²) in [6.45, 7) is -0.346. The van der Waals surface area contributed by atoms with E-state index in [9.17, 15) is 29.4 Å². The lowest BCUT2D eigenvalue weighted by Gasteiger charge is -2.24. The zero-order chi connectivity index (χ0) is 26.9. The van der Waals surface area contributed by atoms with Gasteiger partial charge in [0.1, 0.15) is 23.9 Å². The molecule has 8 N–H and O–H groups in total. The van der Waals surface area contributed by atoms with Gasteiger partial charge in [-0.3, -0.25) is 14.4 Å². The number of hydrogen-bond acceptors (Lipinski definition) is 7. The predicted molar refractivity (Wildman–Crippen MR) is 140 cm³/mol. The van der Waals surface area contributed by atoms with Gasteiger partial charge in [-0.1, -0.05) is 30.3 Å². The number of nitrogens with one attached hydrogen (secondary N) is 4. The number of phenolic OH excluding ortho intramolecular Hbond substituents is 1. The van der Waals surface area contributed by atoms with Gasteiger partial charge in [0.25, 0.3) is 0 Å². The minimum Gasteiger partial charge on any atom is -0.508 e. The van der Waals surface area contributed by atoms with Crippen LogP contribution < -0.4 is 21.7 Å². The number of aromatic amines is 1. The molecule has 3 rings (SSSR count). The maximum atomic E-state index is 13.3. The third-order valence-corrected chi connectivity index (χ3v) is 6.11. The van der Waals surface area contributed by atoms with Crippen molar-refractivity contribution in [3.05, 3.63) is 65.9 Å². The number of carboxylic acid groups (broad SMARTS) is 1. The molecule has 0 radical (unpaired) electrons. The SMILES string of the molecule is NCC(=O)NC(Cc1ccc(O)cc1)C(=O)NC(Cc1c[nH]c2ccccc12)C(=O)NC(CS)C(=O)O. The Balaban J connectivity index is 1.87. The van der Waals surface area contributed by atoms with Crippen LogP contribution in [-0.4, -0.2) is 69.3 Å². The van der Waals surface area contributed by atoms with Crippen molar-refractivity contribution in [1.82, 2.24) is 20.9 Å². The van der Waals surface area contributed by atoms with Crippen LogP contribution in [0.1, 0.15) is 11.1 Å². The Bertz CT molecular complexity index is 1260. The number of carbonyl (C=O) groups excluding carboxylic acids is 3. The second-order valence-electron chi connectivity index (χ2n) is 8.40. The molecule has 3 unspecified atom stereocenters. The number of hydrogen-bond donors (Lipinski definition) is 8. The van der Waals surface area contributed by atoms with E-state index >= 15 is 0 Å². The molecule has 3 aromatic rings. The molecule has 3 atom stereocenters. The Morgan fingerprint density at radius 3 is 2.14 bits per heavy atom. The summed E-state index contributed by atoms with van der Waals surface area (Å²) in [6, 6.07) is 10.0. The highest BCUT2D eigenvalue weighted by molar-refractivity contribution is 7.80. The molecule has 12 heteroatoms. The minimum atomic E-state index is -1.26. The van der Waals surface area contributed by atoms with Crippen LogP contribution >= 0.6 is 12.6 Å². The first-order valence-electron chi connectivity index (χ1n) is 11.5. The summed E-state index contributed by atoms with van der Waals surface area (Å²) in [5.74, 6) is -3.31. The summed E-state index contributed by atoms with van der Waals surface area (Å²) in [5, 5.41) is 27.3. The number of amides is 3. The van der Waals surface area contributed by atoms with Crippen LogP contribution in [0, 0.1) is 0 Å². The Morgan fingerprint density at radius 1 is 0.892 bits per heavy atom. The summed E-state index contributed by atoms with van der Waals surface area (Å²) < 4.78 is 0. The molecule has 11 nitrogen and oxygen atoms in total. The fourth-order valence-corrected chi connectivity index (χ4v) is 4.04. The van der Waals surface area contributed by atoms with Crippen LogP contribution in [0.3, 0.4) is 0 Å². The zero-order valence-electron chi connectivity index (χ0n) is 19.8. The number of thiol groups is 1. The predicted octanol–water partition coefficient (Wildman–Crippen LogP) is 0.0862. The molecule has 0 bridgehead atoms. The van der Waals surface area contributed by atoms with Crippen molar-refractivity contribution in [2.45, 2.75) is 31.0 Å². The van der Waals surface area contributed by atoms with E-state index in [0.717, 1.165) is 16.5 Å². The average Bonchev–Trinajstić information content (AvgIpc) is 3.29. The number of carbonyl (C=O) groups is 4. The number of para-hydroxylation sites is 1. The smallest absolute Gasteiger partial charge is 0.327 e. The lowest BCUT2D eigenvalue weighted by Crippen LogP contribution is -2.57. The number of aliphatic carboxylic acids is 1. The number of carboxylic acids is 1. The van der Waals surface area contributed by atoms with E-state index in [1.54, 1.807) is 18.3 Å². The molecule has 0 saturated heterocycles. The van der Waals surface area contributed by atoms with Gasteiger partial charge in [0.2, 0.25) is 17.7 Å². The van der Waals surface area contributed by atoms with Crippen LogP contribution in [0.15, 0.2) is 54.7 Å². The Morgan fingerprint density at radius 2 is 1.51 bits per heavy atom. The van der Waals surface area contributed by atoms with E-state index in [1.807, 2.05) is 24.3 Å². The molecular weight excluding hydrogens is 498 g/mol. The standard InChI is InChI=1S/C25H29N5O6S/c26-11-22(32)28-19(9-14-5-7-16(31)8-6-14)23(33)29-20(24(34)30-21(13-37)25(35)36)10-15-12-27-18-4-2-1-3-17(15)18/h1-8,12,19-21,27,31,37H,9-11,13,26H2,(H,28,32)(H,29,33)(H,30,34)(H,35,36). The third-order valence-electron chi connectivity index (χ3n) is 5.74. The quantitative estimate of drug-likeness (QED) is 0.153. The van der Waals surface area contributed by atoms with Crippen molar-refractivity contribution in [1.29, 1.82) is 0 Å². The van der Waals surface area contributed by atoms with Gasteiger partial charge in [0.05, 0.1) is 6.54 Å². The van der Waals surface area contributed by atoms with Crippen molar-refractivity contribution < 1.29 is 29.4 Å². The first kappa shape index (κ1) is 27.6. The molecule has 0 saturated carbocycles. The van der Waals surface area contributed by atoms with Gasteiger partial charge >= 0.3 is 5.97 Å². The summed E-state index contributed by atoms with van der Waals surface area (Å²) in [6.07, 6.45) is 1.83. The van der Waals surface area contributed by atoms with Crippen molar-refractivity contribution >= 4 is 47.2 Å².